The SMILES string of the molecule is O=C1c2cnn(-c3ccccc3Cl)c2C[C@@H]2c3ccccc3CCN12. The lowest BCUT2D eigenvalue weighted by Gasteiger charge is -2.40. The second kappa shape index (κ2) is 5.46. The van der Waals surface area contributed by atoms with Gasteiger partial charge in [0.1, 0.15) is 0 Å². The molecule has 4 nitrogen and oxygen atoms in total. The quantitative estimate of drug-likeness (QED) is 0.669. The normalized spacial score (nSPS) is 18.5. The summed E-state index contributed by atoms with van der Waals surface area (Å²) in [4.78, 5) is 15.0. The average Bonchev–Trinajstić information content (AvgIpc) is 3.06. The van der Waals surface area contributed by atoms with Gasteiger partial charge in [-0.3, -0.25) is 4.79 Å². The molecule has 5 rings (SSSR count). The molecule has 2 aliphatic heterocycles. The number of halogens is 1. The Morgan fingerprint density at radius 3 is 2.76 bits per heavy atom. The fourth-order valence-electron chi connectivity index (χ4n) is 4.03. The van der Waals surface area contributed by atoms with Crippen LogP contribution in [-0.4, -0.2) is 27.1 Å². The summed E-state index contributed by atoms with van der Waals surface area (Å²) in [5.74, 6) is 0.0686. The van der Waals surface area contributed by atoms with E-state index in [1.807, 2.05) is 39.9 Å². The molecule has 5 heteroatoms. The highest BCUT2D eigenvalue weighted by Gasteiger charge is 2.38. The molecule has 1 amide bonds. The zero-order chi connectivity index (χ0) is 17.0. The highest BCUT2D eigenvalue weighted by atomic mass is 35.5. The number of aromatic nitrogens is 2. The zero-order valence-corrected chi connectivity index (χ0v) is 14.3. The second-order valence-electron chi connectivity index (χ2n) is 6.54. The Balaban J connectivity index is 1.65. The Bertz CT molecular complexity index is 994. The van der Waals surface area contributed by atoms with Gasteiger partial charge in [-0.05, 0) is 29.7 Å². The summed E-state index contributed by atoms with van der Waals surface area (Å²) in [6.07, 6.45) is 3.34. The van der Waals surface area contributed by atoms with Crippen molar-refractivity contribution >= 4 is 17.5 Å². The van der Waals surface area contributed by atoms with Gasteiger partial charge in [-0.1, -0.05) is 48.0 Å². The molecule has 1 atom stereocenters. The minimum Gasteiger partial charge on any atom is -0.331 e. The van der Waals surface area contributed by atoms with Crippen molar-refractivity contribution in [2.45, 2.75) is 18.9 Å². The average molecular weight is 350 g/mol. The number of carbonyl (C=O) groups is 1. The Hall–Kier alpha value is -2.59. The maximum absolute atomic E-state index is 13.0. The number of hydrogen-bond donors (Lipinski definition) is 0. The number of benzene rings is 2. The molecule has 0 bridgehead atoms. The van der Waals surface area contributed by atoms with E-state index in [1.54, 1.807) is 6.20 Å². The molecule has 2 aliphatic rings. The minimum absolute atomic E-state index is 0.0686. The molecule has 25 heavy (non-hydrogen) atoms. The number of amides is 1. The monoisotopic (exact) mass is 349 g/mol. The van der Waals surface area contributed by atoms with E-state index in [0.29, 0.717) is 10.6 Å². The van der Waals surface area contributed by atoms with Gasteiger partial charge in [-0.15, -0.1) is 0 Å². The topological polar surface area (TPSA) is 38.1 Å². The Morgan fingerprint density at radius 1 is 1.08 bits per heavy atom. The van der Waals surface area contributed by atoms with E-state index in [4.69, 9.17) is 11.6 Å². The molecule has 0 spiro atoms. The van der Waals surface area contributed by atoms with Crippen LogP contribution >= 0.6 is 11.6 Å². The number of rotatable bonds is 1. The molecule has 0 saturated carbocycles. The van der Waals surface area contributed by atoms with Crippen LogP contribution in [0, 0.1) is 0 Å². The first-order valence-electron chi connectivity index (χ1n) is 8.44. The van der Waals surface area contributed by atoms with Gasteiger partial charge in [0.05, 0.1) is 34.2 Å². The summed E-state index contributed by atoms with van der Waals surface area (Å²) in [5, 5.41) is 5.11. The standard InChI is InChI=1S/C20H16ClN3O/c21-16-7-3-4-8-17(16)24-19-11-18-14-6-2-1-5-13(14)9-10-23(18)20(25)15(19)12-22-24/h1-8,12,18H,9-11H2/t18-/m1/s1. The Labute approximate surface area is 150 Å². The van der Waals surface area contributed by atoms with Crippen LogP contribution in [0.3, 0.4) is 0 Å². The molecule has 1 aromatic heterocycles. The fourth-order valence-corrected chi connectivity index (χ4v) is 4.25. The maximum atomic E-state index is 13.0. The lowest BCUT2D eigenvalue weighted by atomic mass is 9.86. The van der Waals surface area contributed by atoms with Gasteiger partial charge < -0.3 is 4.90 Å². The van der Waals surface area contributed by atoms with Crippen LogP contribution in [0.25, 0.3) is 5.69 Å². The summed E-state index contributed by atoms with van der Waals surface area (Å²) in [6.45, 7) is 0.761. The predicted octanol–water partition coefficient (Wildman–Crippen LogP) is 3.82. The van der Waals surface area contributed by atoms with Gasteiger partial charge in [-0.25, -0.2) is 4.68 Å². The highest BCUT2D eigenvalue weighted by Crippen LogP contribution is 2.38. The van der Waals surface area contributed by atoms with Gasteiger partial charge >= 0.3 is 0 Å². The first-order chi connectivity index (χ1) is 12.2. The molecule has 2 aromatic carbocycles. The molecule has 0 N–H and O–H groups in total. The van der Waals surface area contributed by atoms with Crippen molar-refractivity contribution in [3.63, 3.8) is 0 Å². The molecule has 0 radical (unpaired) electrons. The van der Waals surface area contributed by atoms with E-state index in [0.717, 1.165) is 30.8 Å². The number of fused-ring (bicyclic) bond motifs is 4. The van der Waals surface area contributed by atoms with Crippen molar-refractivity contribution in [1.82, 2.24) is 14.7 Å². The molecule has 0 aliphatic carbocycles. The van der Waals surface area contributed by atoms with E-state index >= 15 is 0 Å². The highest BCUT2D eigenvalue weighted by molar-refractivity contribution is 6.32. The van der Waals surface area contributed by atoms with Crippen molar-refractivity contribution in [2.24, 2.45) is 0 Å². The van der Waals surface area contributed by atoms with Crippen molar-refractivity contribution in [3.8, 4) is 5.69 Å². The van der Waals surface area contributed by atoms with Crippen molar-refractivity contribution < 1.29 is 4.79 Å². The minimum atomic E-state index is 0.0686. The lowest BCUT2D eigenvalue weighted by Crippen LogP contribution is -2.44. The molecule has 0 fully saturated rings. The maximum Gasteiger partial charge on any atom is 0.257 e. The van der Waals surface area contributed by atoms with Gasteiger partial charge in [0.2, 0.25) is 0 Å². The van der Waals surface area contributed by atoms with Crippen LogP contribution in [0.5, 0.6) is 0 Å². The first kappa shape index (κ1) is 14.7. The number of hydrogen-bond acceptors (Lipinski definition) is 2. The zero-order valence-electron chi connectivity index (χ0n) is 13.5. The van der Waals surface area contributed by atoms with E-state index in [1.165, 1.54) is 11.1 Å². The lowest BCUT2D eigenvalue weighted by molar-refractivity contribution is 0.0629. The van der Waals surface area contributed by atoms with Crippen LogP contribution in [0.1, 0.15) is 33.2 Å². The van der Waals surface area contributed by atoms with Crippen molar-refractivity contribution in [2.75, 3.05) is 6.54 Å². The third-order valence-corrected chi connectivity index (χ3v) is 5.56. The molecular weight excluding hydrogens is 334 g/mol. The number of nitrogens with zero attached hydrogens (tertiary/aromatic N) is 3. The molecule has 0 unspecified atom stereocenters. The number of para-hydroxylation sites is 1. The molecule has 124 valence electrons. The molecular formula is C20H16ClN3O. The summed E-state index contributed by atoms with van der Waals surface area (Å²) in [7, 11) is 0. The summed E-state index contributed by atoms with van der Waals surface area (Å²) in [5.41, 5.74) is 5.03. The van der Waals surface area contributed by atoms with E-state index < -0.39 is 0 Å². The van der Waals surface area contributed by atoms with Crippen LogP contribution in [-0.2, 0) is 12.8 Å². The Morgan fingerprint density at radius 2 is 1.88 bits per heavy atom. The van der Waals surface area contributed by atoms with Gasteiger partial charge in [0.25, 0.3) is 5.91 Å². The third kappa shape index (κ3) is 2.14. The predicted molar refractivity (Wildman–Crippen MR) is 96.2 cm³/mol. The van der Waals surface area contributed by atoms with Crippen LogP contribution in [0.15, 0.2) is 54.7 Å². The summed E-state index contributed by atoms with van der Waals surface area (Å²) >= 11 is 6.36. The van der Waals surface area contributed by atoms with Gasteiger partial charge in [0, 0.05) is 13.0 Å². The smallest absolute Gasteiger partial charge is 0.257 e. The van der Waals surface area contributed by atoms with Crippen LogP contribution in [0.4, 0.5) is 0 Å². The third-order valence-electron chi connectivity index (χ3n) is 5.24. The fraction of sp³-hybridized carbons (Fsp3) is 0.200. The van der Waals surface area contributed by atoms with Crippen LogP contribution in [0.2, 0.25) is 5.02 Å². The molecule has 0 saturated heterocycles. The van der Waals surface area contributed by atoms with Gasteiger partial charge in [-0.2, -0.15) is 5.10 Å². The largest absolute Gasteiger partial charge is 0.331 e. The summed E-state index contributed by atoms with van der Waals surface area (Å²) in [6, 6.07) is 16.1. The van der Waals surface area contributed by atoms with Gasteiger partial charge in [0.15, 0.2) is 0 Å². The van der Waals surface area contributed by atoms with E-state index in [2.05, 4.69) is 23.3 Å². The molecule has 3 heterocycles. The number of carbonyl (C=O) groups excluding carboxylic acids is 1. The first-order valence-corrected chi connectivity index (χ1v) is 8.82. The summed E-state index contributed by atoms with van der Waals surface area (Å²) < 4.78 is 1.82. The van der Waals surface area contributed by atoms with E-state index in [-0.39, 0.29) is 11.9 Å². The molecule has 3 aromatic rings. The Kier molecular flexibility index (Phi) is 3.22. The van der Waals surface area contributed by atoms with Crippen LogP contribution < -0.4 is 0 Å². The van der Waals surface area contributed by atoms with Crippen molar-refractivity contribution in [1.29, 1.82) is 0 Å². The van der Waals surface area contributed by atoms with E-state index in [9.17, 15) is 4.79 Å². The second-order valence-corrected chi connectivity index (χ2v) is 6.94. The van der Waals surface area contributed by atoms with Crippen molar-refractivity contribution in [3.05, 3.63) is 82.1 Å².